The molecule has 2 atom stereocenters. The zero-order chi connectivity index (χ0) is 11.5. The molecule has 0 aromatic heterocycles. The van der Waals surface area contributed by atoms with Crippen molar-refractivity contribution in [3.63, 3.8) is 0 Å². The minimum Gasteiger partial charge on any atom is -0.481 e. The van der Waals surface area contributed by atoms with E-state index in [9.17, 15) is 4.79 Å². The van der Waals surface area contributed by atoms with Crippen LogP contribution < -0.4 is 0 Å². The molecular weight excluding hydrogens is 202 g/mol. The fraction of sp³-hybridized carbons (Fsp3) is 0.923. The van der Waals surface area contributed by atoms with Crippen LogP contribution in [0.1, 0.15) is 39.0 Å². The van der Waals surface area contributed by atoms with Gasteiger partial charge < -0.3 is 10.0 Å². The molecule has 0 bridgehead atoms. The summed E-state index contributed by atoms with van der Waals surface area (Å²) in [4.78, 5) is 13.4. The molecule has 1 aliphatic heterocycles. The quantitative estimate of drug-likeness (QED) is 0.800. The summed E-state index contributed by atoms with van der Waals surface area (Å²) < 4.78 is 0. The van der Waals surface area contributed by atoms with Gasteiger partial charge in [0.15, 0.2) is 0 Å². The zero-order valence-corrected chi connectivity index (χ0v) is 10.2. The summed E-state index contributed by atoms with van der Waals surface area (Å²) in [6.07, 6.45) is 6.30. The summed E-state index contributed by atoms with van der Waals surface area (Å²) in [6, 6.07) is 0. The van der Waals surface area contributed by atoms with Crippen LogP contribution in [0.5, 0.6) is 0 Å². The van der Waals surface area contributed by atoms with Crippen LogP contribution in [0, 0.1) is 17.8 Å². The van der Waals surface area contributed by atoms with Crippen LogP contribution in [-0.2, 0) is 4.79 Å². The van der Waals surface area contributed by atoms with Crippen molar-refractivity contribution in [3.05, 3.63) is 0 Å². The van der Waals surface area contributed by atoms with E-state index in [0.29, 0.717) is 5.92 Å². The van der Waals surface area contributed by atoms with E-state index >= 15 is 0 Å². The summed E-state index contributed by atoms with van der Waals surface area (Å²) in [7, 11) is 0. The van der Waals surface area contributed by atoms with E-state index in [1.54, 1.807) is 0 Å². The fourth-order valence-electron chi connectivity index (χ4n) is 3.35. The molecule has 0 radical (unpaired) electrons. The van der Waals surface area contributed by atoms with Crippen molar-refractivity contribution in [1.29, 1.82) is 0 Å². The van der Waals surface area contributed by atoms with E-state index in [2.05, 4.69) is 11.8 Å². The highest BCUT2D eigenvalue weighted by atomic mass is 16.4. The molecule has 0 amide bonds. The molecule has 3 heteroatoms. The van der Waals surface area contributed by atoms with E-state index in [1.807, 2.05) is 0 Å². The first kappa shape index (κ1) is 11.9. The molecule has 1 saturated heterocycles. The Labute approximate surface area is 97.8 Å². The number of carbonyl (C=O) groups is 1. The summed E-state index contributed by atoms with van der Waals surface area (Å²) in [6.45, 7) is 5.18. The summed E-state index contributed by atoms with van der Waals surface area (Å²) >= 11 is 0. The smallest absolute Gasteiger partial charge is 0.307 e. The summed E-state index contributed by atoms with van der Waals surface area (Å²) in [5.74, 6) is 0.629. The van der Waals surface area contributed by atoms with Crippen LogP contribution in [0.15, 0.2) is 0 Å². The Morgan fingerprint density at radius 1 is 1.31 bits per heavy atom. The lowest BCUT2D eigenvalue weighted by molar-refractivity contribution is -0.144. The normalized spacial score (nSPS) is 33.1. The maximum absolute atomic E-state index is 11.1. The molecule has 0 aromatic rings. The first-order chi connectivity index (χ1) is 7.65. The lowest BCUT2D eigenvalue weighted by Crippen LogP contribution is -2.44. The second-order valence-corrected chi connectivity index (χ2v) is 5.75. The van der Waals surface area contributed by atoms with Crippen LogP contribution in [0.25, 0.3) is 0 Å². The predicted molar refractivity (Wildman–Crippen MR) is 63.3 cm³/mol. The van der Waals surface area contributed by atoms with E-state index in [4.69, 9.17) is 5.11 Å². The van der Waals surface area contributed by atoms with Crippen molar-refractivity contribution in [2.75, 3.05) is 19.6 Å². The van der Waals surface area contributed by atoms with Gasteiger partial charge in [0.1, 0.15) is 0 Å². The molecule has 1 saturated carbocycles. The van der Waals surface area contributed by atoms with Crippen LogP contribution in [0.2, 0.25) is 0 Å². The van der Waals surface area contributed by atoms with Gasteiger partial charge in [0.05, 0.1) is 5.92 Å². The molecule has 1 aliphatic carbocycles. The highest BCUT2D eigenvalue weighted by Crippen LogP contribution is 2.28. The molecule has 2 aliphatic rings. The summed E-state index contributed by atoms with van der Waals surface area (Å²) in [5.41, 5.74) is 0. The van der Waals surface area contributed by atoms with Crippen LogP contribution in [-0.4, -0.2) is 35.6 Å². The maximum atomic E-state index is 11.1. The number of carboxylic acids is 1. The summed E-state index contributed by atoms with van der Waals surface area (Å²) in [5, 5.41) is 9.11. The average molecular weight is 225 g/mol. The second kappa shape index (κ2) is 5.17. The molecule has 0 spiro atoms. The van der Waals surface area contributed by atoms with Crippen molar-refractivity contribution >= 4 is 5.97 Å². The lowest BCUT2D eigenvalue weighted by Gasteiger charge is -2.36. The van der Waals surface area contributed by atoms with Gasteiger partial charge in [-0.3, -0.25) is 4.79 Å². The minimum atomic E-state index is -0.608. The van der Waals surface area contributed by atoms with E-state index < -0.39 is 5.97 Å². The van der Waals surface area contributed by atoms with Gasteiger partial charge >= 0.3 is 5.97 Å². The number of nitrogens with zero attached hydrogens (tertiary/aromatic N) is 1. The van der Waals surface area contributed by atoms with Gasteiger partial charge in [0, 0.05) is 19.6 Å². The molecule has 1 heterocycles. The molecule has 3 nitrogen and oxygen atoms in total. The molecule has 2 fully saturated rings. The molecule has 2 unspecified atom stereocenters. The second-order valence-electron chi connectivity index (χ2n) is 5.75. The van der Waals surface area contributed by atoms with E-state index in [1.165, 1.54) is 25.7 Å². The van der Waals surface area contributed by atoms with Crippen LogP contribution in [0.4, 0.5) is 0 Å². The number of carboxylic acid groups (broad SMARTS) is 1. The molecule has 92 valence electrons. The highest BCUT2D eigenvalue weighted by Gasteiger charge is 2.30. The number of likely N-dealkylation sites (tertiary alicyclic amines) is 1. The number of rotatable bonds is 3. The Morgan fingerprint density at radius 3 is 2.62 bits per heavy atom. The van der Waals surface area contributed by atoms with Crippen molar-refractivity contribution in [3.8, 4) is 0 Å². The zero-order valence-electron chi connectivity index (χ0n) is 10.2. The highest BCUT2D eigenvalue weighted by molar-refractivity contribution is 5.70. The van der Waals surface area contributed by atoms with Crippen molar-refractivity contribution in [2.45, 2.75) is 39.0 Å². The van der Waals surface area contributed by atoms with Gasteiger partial charge in [-0.1, -0.05) is 19.8 Å². The Kier molecular flexibility index (Phi) is 3.85. The Bertz CT molecular complexity index is 248. The fourth-order valence-corrected chi connectivity index (χ4v) is 3.35. The van der Waals surface area contributed by atoms with Gasteiger partial charge in [-0.25, -0.2) is 0 Å². The molecule has 2 rings (SSSR count). The number of hydrogen-bond acceptors (Lipinski definition) is 2. The molecule has 16 heavy (non-hydrogen) atoms. The van der Waals surface area contributed by atoms with Crippen molar-refractivity contribution < 1.29 is 9.90 Å². The third-order valence-electron chi connectivity index (χ3n) is 4.08. The monoisotopic (exact) mass is 225 g/mol. The SMILES string of the molecule is CC1CC(C(=O)O)CN(CC2CCCC2)C1. The maximum Gasteiger partial charge on any atom is 0.307 e. The van der Waals surface area contributed by atoms with Gasteiger partial charge in [-0.2, -0.15) is 0 Å². The minimum absolute atomic E-state index is 0.134. The third-order valence-corrected chi connectivity index (χ3v) is 4.08. The van der Waals surface area contributed by atoms with Gasteiger partial charge in [0.2, 0.25) is 0 Å². The first-order valence-corrected chi connectivity index (χ1v) is 6.60. The average Bonchev–Trinajstić information content (AvgIpc) is 2.69. The standard InChI is InChI=1S/C13H23NO2/c1-10-6-12(13(15)16)9-14(7-10)8-11-4-2-3-5-11/h10-12H,2-9H2,1H3,(H,15,16). The van der Waals surface area contributed by atoms with E-state index in [-0.39, 0.29) is 5.92 Å². The molecule has 1 N–H and O–H groups in total. The van der Waals surface area contributed by atoms with Crippen molar-refractivity contribution in [2.24, 2.45) is 17.8 Å². The van der Waals surface area contributed by atoms with Gasteiger partial charge in [-0.05, 0) is 31.1 Å². The van der Waals surface area contributed by atoms with Crippen LogP contribution >= 0.6 is 0 Å². The topological polar surface area (TPSA) is 40.5 Å². The third kappa shape index (κ3) is 2.97. The Morgan fingerprint density at radius 2 is 2.00 bits per heavy atom. The van der Waals surface area contributed by atoms with Crippen LogP contribution in [0.3, 0.4) is 0 Å². The Hall–Kier alpha value is -0.570. The number of piperidine rings is 1. The lowest BCUT2D eigenvalue weighted by atomic mass is 9.90. The van der Waals surface area contributed by atoms with Gasteiger partial charge in [0.25, 0.3) is 0 Å². The van der Waals surface area contributed by atoms with Gasteiger partial charge in [-0.15, -0.1) is 0 Å². The number of hydrogen-bond donors (Lipinski definition) is 1. The first-order valence-electron chi connectivity index (χ1n) is 6.60. The number of aliphatic carboxylic acids is 1. The predicted octanol–water partition coefficient (Wildman–Crippen LogP) is 2.22. The van der Waals surface area contributed by atoms with E-state index in [0.717, 1.165) is 32.0 Å². The molecular formula is C13H23NO2. The Balaban J connectivity index is 1.86. The molecule has 0 aromatic carbocycles. The van der Waals surface area contributed by atoms with Crippen molar-refractivity contribution in [1.82, 2.24) is 4.90 Å². The largest absolute Gasteiger partial charge is 0.481 e.